The van der Waals surface area contributed by atoms with Crippen molar-refractivity contribution in [2.45, 2.75) is 44.7 Å². The fourth-order valence-electron chi connectivity index (χ4n) is 4.44. The lowest BCUT2D eigenvalue weighted by Crippen LogP contribution is -2.42. The van der Waals surface area contributed by atoms with Crippen molar-refractivity contribution in [3.63, 3.8) is 0 Å². The summed E-state index contributed by atoms with van der Waals surface area (Å²) < 4.78 is 0. The van der Waals surface area contributed by atoms with Gasteiger partial charge in [0.05, 0.1) is 18.2 Å². The number of nitrogens with zero attached hydrogens (tertiary/aromatic N) is 3. The minimum atomic E-state index is -0.411. The summed E-state index contributed by atoms with van der Waals surface area (Å²) in [4.78, 5) is 30.8. The van der Waals surface area contributed by atoms with Gasteiger partial charge in [-0.25, -0.2) is 5.01 Å². The Bertz CT molecular complexity index is 1230. The molecule has 3 unspecified atom stereocenters. The zero-order valence-electron chi connectivity index (χ0n) is 20.0. The molecule has 4 rings (SSSR count). The number of halogens is 1. The van der Waals surface area contributed by atoms with E-state index in [9.17, 15) is 9.59 Å². The van der Waals surface area contributed by atoms with E-state index >= 15 is 0 Å². The van der Waals surface area contributed by atoms with Gasteiger partial charge in [0.1, 0.15) is 12.3 Å². The van der Waals surface area contributed by atoms with Gasteiger partial charge in [0.15, 0.2) is 0 Å². The maximum absolute atomic E-state index is 13.3. The van der Waals surface area contributed by atoms with Gasteiger partial charge in [0.2, 0.25) is 5.91 Å². The van der Waals surface area contributed by atoms with E-state index in [1.165, 1.54) is 5.01 Å². The van der Waals surface area contributed by atoms with Crippen LogP contribution in [0.15, 0.2) is 83.9 Å². The number of aliphatic imine (C=N–C) groups is 1. The number of benzene rings is 2. The molecule has 1 aliphatic heterocycles. The molecule has 0 saturated carbocycles. The lowest BCUT2D eigenvalue weighted by atomic mass is 9.76. The van der Waals surface area contributed by atoms with Gasteiger partial charge in [-0.05, 0) is 36.2 Å². The topological polar surface area (TPSA) is 97.6 Å². The molecule has 7 nitrogen and oxygen atoms in total. The average molecular weight is 502 g/mol. The standard InChI is InChI=1S/C28H28ClN5O2/c1-28(16-7-17-30)15-6-5-10-24(28)32-25-18-23(20-8-3-2-4-9-20)34(33-25)27(36)19-26(35)31-22-13-11-21(29)12-14-22/h2-6,8-15,23-24H,7,16,18-19H2,1H3,(H,31,35)(H,32,33). The molecule has 1 heterocycles. The highest BCUT2D eigenvalue weighted by Gasteiger charge is 2.37. The Hall–Kier alpha value is -3.89. The van der Waals surface area contributed by atoms with Gasteiger partial charge in [0.25, 0.3) is 5.91 Å². The second-order valence-electron chi connectivity index (χ2n) is 9.17. The fourth-order valence-corrected chi connectivity index (χ4v) is 4.56. The van der Waals surface area contributed by atoms with E-state index in [1.807, 2.05) is 48.6 Å². The zero-order chi connectivity index (χ0) is 25.5. The Balaban J connectivity index is 1.52. The summed E-state index contributed by atoms with van der Waals surface area (Å²) in [5.41, 5.74) is 4.40. The predicted octanol–water partition coefficient (Wildman–Crippen LogP) is 5.35. The maximum atomic E-state index is 13.3. The Morgan fingerprint density at radius 2 is 1.94 bits per heavy atom. The Kier molecular flexibility index (Phi) is 7.87. The molecule has 184 valence electrons. The third kappa shape index (κ3) is 6.02. The fraction of sp³-hybridized carbons (Fsp3) is 0.286. The minimum absolute atomic E-state index is 0.168. The van der Waals surface area contributed by atoms with Crippen LogP contribution in [0.2, 0.25) is 5.02 Å². The van der Waals surface area contributed by atoms with Crippen LogP contribution in [0.1, 0.15) is 44.2 Å². The quantitative estimate of drug-likeness (QED) is 0.500. The highest BCUT2D eigenvalue weighted by molar-refractivity contribution is 6.30. The van der Waals surface area contributed by atoms with E-state index in [0.29, 0.717) is 35.8 Å². The number of rotatable bonds is 7. The smallest absolute Gasteiger partial charge is 0.250 e. The van der Waals surface area contributed by atoms with Gasteiger partial charge in [-0.3, -0.25) is 20.0 Å². The first-order chi connectivity index (χ1) is 17.4. The van der Waals surface area contributed by atoms with Crippen LogP contribution in [0.4, 0.5) is 5.69 Å². The highest BCUT2D eigenvalue weighted by Crippen LogP contribution is 2.36. The molecule has 3 atom stereocenters. The number of nitrogens with one attached hydrogen (secondary N) is 2. The molecule has 0 radical (unpaired) electrons. The van der Waals surface area contributed by atoms with Crippen LogP contribution >= 0.6 is 11.6 Å². The number of amidine groups is 1. The molecule has 0 aromatic heterocycles. The number of carbonyl (C=O) groups excluding carboxylic acids is 2. The minimum Gasteiger partial charge on any atom is -0.326 e. The zero-order valence-corrected chi connectivity index (χ0v) is 20.8. The molecule has 0 spiro atoms. The number of amides is 2. The van der Waals surface area contributed by atoms with Crippen LogP contribution in [0, 0.1) is 16.7 Å². The van der Waals surface area contributed by atoms with Crippen LogP contribution < -0.4 is 10.7 Å². The first-order valence-corrected chi connectivity index (χ1v) is 12.2. The number of allylic oxidation sites excluding steroid dienone is 2. The number of carbonyl (C=O) groups is 2. The van der Waals surface area contributed by atoms with Gasteiger partial charge in [-0.1, -0.05) is 73.2 Å². The summed E-state index contributed by atoms with van der Waals surface area (Å²) >= 11 is 5.90. The largest absolute Gasteiger partial charge is 0.326 e. The number of hydrazine groups is 1. The number of hydrogen-bond donors (Lipinski definition) is 2. The molecule has 8 heteroatoms. The monoisotopic (exact) mass is 501 g/mol. The van der Waals surface area contributed by atoms with Gasteiger partial charge in [0, 0.05) is 29.0 Å². The number of anilines is 1. The first kappa shape index (κ1) is 25.2. The van der Waals surface area contributed by atoms with Crippen molar-refractivity contribution in [1.82, 2.24) is 10.4 Å². The molecule has 2 aromatic carbocycles. The Labute approximate surface area is 216 Å². The van der Waals surface area contributed by atoms with Crippen molar-refractivity contribution >= 4 is 34.9 Å². The average Bonchev–Trinajstić information content (AvgIpc) is 3.30. The summed E-state index contributed by atoms with van der Waals surface area (Å²) in [5.74, 6) is -0.0963. The van der Waals surface area contributed by atoms with Crippen LogP contribution in [-0.4, -0.2) is 28.7 Å². The predicted molar refractivity (Wildman–Crippen MR) is 141 cm³/mol. The molecule has 1 saturated heterocycles. The van der Waals surface area contributed by atoms with E-state index in [1.54, 1.807) is 24.3 Å². The van der Waals surface area contributed by atoms with E-state index in [4.69, 9.17) is 21.9 Å². The van der Waals surface area contributed by atoms with Crippen molar-refractivity contribution < 1.29 is 9.59 Å². The normalized spacial score (nSPS) is 23.8. The van der Waals surface area contributed by atoms with Crippen molar-refractivity contribution in [2.24, 2.45) is 10.4 Å². The SMILES string of the molecule is CC1(CCC#N)C=CC=CC1N=C1CC(c2ccccc2)N(C(=O)CC(=O)Nc2ccc(Cl)cc2)N1. The molecule has 2 aliphatic rings. The molecular weight excluding hydrogens is 474 g/mol. The second kappa shape index (κ2) is 11.2. The number of nitriles is 1. The second-order valence-corrected chi connectivity index (χ2v) is 9.60. The van der Waals surface area contributed by atoms with Crippen molar-refractivity contribution in [3.05, 3.63) is 89.5 Å². The van der Waals surface area contributed by atoms with Crippen molar-refractivity contribution in [3.8, 4) is 6.07 Å². The molecule has 2 aromatic rings. The van der Waals surface area contributed by atoms with E-state index in [0.717, 1.165) is 5.56 Å². The lowest BCUT2D eigenvalue weighted by molar-refractivity contribution is -0.137. The summed E-state index contributed by atoms with van der Waals surface area (Å²) in [6, 6.07) is 18.2. The molecule has 2 amide bonds. The molecule has 2 N–H and O–H groups in total. The summed E-state index contributed by atoms with van der Waals surface area (Å²) in [6.45, 7) is 2.09. The molecular formula is C28H28ClN5O2. The van der Waals surface area contributed by atoms with E-state index < -0.39 is 5.91 Å². The van der Waals surface area contributed by atoms with E-state index in [-0.39, 0.29) is 29.8 Å². The molecule has 1 fully saturated rings. The van der Waals surface area contributed by atoms with Crippen LogP contribution in [0.5, 0.6) is 0 Å². The van der Waals surface area contributed by atoms with Gasteiger partial charge >= 0.3 is 0 Å². The van der Waals surface area contributed by atoms with Gasteiger partial charge in [-0.2, -0.15) is 5.26 Å². The van der Waals surface area contributed by atoms with Gasteiger partial charge in [-0.15, -0.1) is 0 Å². The highest BCUT2D eigenvalue weighted by atomic mass is 35.5. The third-order valence-electron chi connectivity index (χ3n) is 6.47. The van der Waals surface area contributed by atoms with Crippen LogP contribution in [-0.2, 0) is 9.59 Å². The van der Waals surface area contributed by atoms with Crippen LogP contribution in [0.25, 0.3) is 0 Å². The van der Waals surface area contributed by atoms with Gasteiger partial charge < -0.3 is 5.32 Å². The Morgan fingerprint density at radius 1 is 1.19 bits per heavy atom. The number of hydrogen-bond acceptors (Lipinski definition) is 4. The van der Waals surface area contributed by atoms with Crippen molar-refractivity contribution in [1.29, 1.82) is 5.26 Å². The summed E-state index contributed by atoms with van der Waals surface area (Å²) in [7, 11) is 0. The first-order valence-electron chi connectivity index (χ1n) is 11.9. The molecule has 1 aliphatic carbocycles. The van der Waals surface area contributed by atoms with E-state index in [2.05, 4.69) is 29.8 Å². The third-order valence-corrected chi connectivity index (χ3v) is 6.72. The maximum Gasteiger partial charge on any atom is 0.250 e. The lowest BCUT2D eigenvalue weighted by Gasteiger charge is -2.32. The van der Waals surface area contributed by atoms with Crippen molar-refractivity contribution in [2.75, 3.05) is 5.32 Å². The van der Waals surface area contributed by atoms with Crippen LogP contribution in [0.3, 0.4) is 0 Å². The summed E-state index contributed by atoms with van der Waals surface area (Å²) in [5, 5.41) is 13.9. The molecule has 36 heavy (non-hydrogen) atoms. The Morgan fingerprint density at radius 3 is 2.67 bits per heavy atom. The molecule has 0 bridgehead atoms. The summed E-state index contributed by atoms with van der Waals surface area (Å²) in [6.07, 6.45) is 9.34.